The number of methoxy groups -OCH3 is 2. The third-order valence-electron chi connectivity index (χ3n) is 3.30. The maximum absolute atomic E-state index is 10.3. The van der Waals surface area contributed by atoms with Crippen molar-refractivity contribution in [3.8, 4) is 11.5 Å². The predicted octanol–water partition coefficient (Wildman–Crippen LogP) is 3.61. The Morgan fingerprint density at radius 1 is 1.05 bits per heavy atom. The Labute approximate surface area is 133 Å². The average molecular weight is 351 g/mol. The first-order valence-electron chi connectivity index (χ1n) is 6.75. The molecule has 0 aliphatic heterocycles. The lowest BCUT2D eigenvalue weighted by Gasteiger charge is -2.14. The third-order valence-corrected chi connectivity index (χ3v) is 3.80. The summed E-state index contributed by atoms with van der Waals surface area (Å²) in [5.74, 6) is 1.60. The Balaban J connectivity index is 2.07. The van der Waals surface area contributed by atoms with Crippen LogP contribution in [0.15, 0.2) is 46.9 Å². The number of aliphatic hydroxyl groups is 1. The largest absolute Gasteiger partial charge is 0.497 e. The third kappa shape index (κ3) is 4.48. The number of hydrogen-bond donors (Lipinski definition) is 1. The zero-order valence-electron chi connectivity index (χ0n) is 12.2. The molecule has 0 fully saturated rings. The summed E-state index contributed by atoms with van der Waals surface area (Å²) < 4.78 is 11.5. The molecule has 0 spiro atoms. The van der Waals surface area contributed by atoms with E-state index in [1.807, 2.05) is 42.5 Å². The molecule has 112 valence electrons. The molecule has 0 saturated heterocycles. The fourth-order valence-corrected chi connectivity index (χ4v) is 2.71. The van der Waals surface area contributed by atoms with Gasteiger partial charge in [0.15, 0.2) is 0 Å². The molecule has 0 amide bonds. The molecule has 2 aromatic rings. The number of halogens is 1. The first-order valence-corrected chi connectivity index (χ1v) is 7.55. The summed E-state index contributed by atoms with van der Waals surface area (Å²) in [5, 5.41) is 10.3. The second kappa shape index (κ2) is 7.48. The summed E-state index contributed by atoms with van der Waals surface area (Å²) in [6.45, 7) is 0. The average Bonchev–Trinajstić information content (AvgIpc) is 2.47. The van der Waals surface area contributed by atoms with Gasteiger partial charge < -0.3 is 14.6 Å². The summed E-state index contributed by atoms with van der Waals surface area (Å²) in [7, 11) is 3.28. The zero-order valence-corrected chi connectivity index (χ0v) is 13.8. The second-order valence-corrected chi connectivity index (χ2v) is 5.79. The highest BCUT2D eigenvalue weighted by molar-refractivity contribution is 9.10. The van der Waals surface area contributed by atoms with Crippen molar-refractivity contribution in [2.45, 2.75) is 18.9 Å². The summed E-state index contributed by atoms with van der Waals surface area (Å²) in [4.78, 5) is 0. The molecule has 0 radical (unpaired) electrons. The fraction of sp³-hybridized carbons (Fsp3) is 0.294. The van der Waals surface area contributed by atoms with Crippen molar-refractivity contribution < 1.29 is 14.6 Å². The molecule has 2 aromatic carbocycles. The Kier molecular flexibility index (Phi) is 5.65. The highest BCUT2D eigenvalue weighted by atomic mass is 79.9. The van der Waals surface area contributed by atoms with E-state index in [9.17, 15) is 5.11 Å². The first kappa shape index (κ1) is 15.9. The molecule has 4 heteroatoms. The number of benzene rings is 2. The van der Waals surface area contributed by atoms with Crippen LogP contribution in [-0.4, -0.2) is 25.4 Å². The topological polar surface area (TPSA) is 38.7 Å². The number of ether oxygens (including phenoxy) is 2. The Hall–Kier alpha value is -1.52. The van der Waals surface area contributed by atoms with Crippen LogP contribution in [0.25, 0.3) is 0 Å². The SMILES string of the molecule is COc1cccc(CC(O)Cc2cc(Br)ccc2OC)c1. The van der Waals surface area contributed by atoms with E-state index in [1.54, 1.807) is 14.2 Å². The van der Waals surface area contributed by atoms with E-state index in [-0.39, 0.29) is 0 Å². The lowest BCUT2D eigenvalue weighted by Crippen LogP contribution is -2.14. The number of rotatable bonds is 6. The van der Waals surface area contributed by atoms with Crippen LogP contribution in [0.4, 0.5) is 0 Å². The van der Waals surface area contributed by atoms with Gasteiger partial charge in [-0.25, -0.2) is 0 Å². The molecule has 0 aliphatic carbocycles. The first-order chi connectivity index (χ1) is 10.1. The van der Waals surface area contributed by atoms with Crippen LogP contribution in [-0.2, 0) is 12.8 Å². The van der Waals surface area contributed by atoms with Gasteiger partial charge in [0.1, 0.15) is 11.5 Å². The van der Waals surface area contributed by atoms with Gasteiger partial charge in [-0.15, -0.1) is 0 Å². The van der Waals surface area contributed by atoms with Crippen molar-refractivity contribution >= 4 is 15.9 Å². The van der Waals surface area contributed by atoms with Crippen LogP contribution >= 0.6 is 15.9 Å². The van der Waals surface area contributed by atoms with Gasteiger partial charge in [0, 0.05) is 10.9 Å². The van der Waals surface area contributed by atoms with E-state index >= 15 is 0 Å². The van der Waals surface area contributed by atoms with E-state index in [1.165, 1.54) is 0 Å². The van der Waals surface area contributed by atoms with E-state index in [4.69, 9.17) is 9.47 Å². The summed E-state index contributed by atoms with van der Waals surface area (Å²) in [6, 6.07) is 13.6. The molecule has 2 rings (SSSR count). The molecule has 0 saturated carbocycles. The van der Waals surface area contributed by atoms with E-state index in [2.05, 4.69) is 15.9 Å². The molecule has 0 bridgehead atoms. The van der Waals surface area contributed by atoms with Crippen molar-refractivity contribution in [2.75, 3.05) is 14.2 Å². The van der Waals surface area contributed by atoms with Crippen molar-refractivity contribution in [1.29, 1.82) is 0 Å². The van der Waals surface area contributed by atoms with Gasteiger partial charge in [0.25, 0.3) is 0 Å². The number of hydrogen-bond acceptors (Lipinski definition) is 3. The maximum atomic E-state index is 10.3. The Morgan fingerprint density at radius 3 is 2.57 bits per heavy atom. The summed E-state index contributed by atoms with van der Waals surface area (Å²) >= 11 is 3.45. The van der Waals surface area contributed by atoms with Crippen molar-refractivity contribution in [3.05, 3.63) is 58.1 Å². The molecule has 1 atom stereocenters. The van der Waals surface area contributed by atoms with Crippen LogP contribution in [0.3, 0.4) is 0 Å². The van der Waals surface area contributed by atoms with Gasteiger partial charge in [-0.05, 0) is 47.9 Å². The van der Waals surface area contributed by atoms with Crippen LogP contribution in [0.2, 0.25) is 0 Å². The maximum Gasteiger partial charge on any atom is 0.122 e. The molecule has 0 heterocycles. The van der Waals surface area contributed by atoms with E-state index < -0.39 is 6.10 Å². The van der Waals surface area contributed by atoms with Crippen LogP contribution in [0, 0.1) is 0 Å². The molecule has 1 N–H and O–H groups in total. The van der Waals surface area contributed by atoms with Crippen LogP contribution < -0.4 is 9.47 Å². The van der Waals surface area contributed by atoms with Crippen molar-refractivity contribution in [1.82, 2.24) is 0 Å². The minimum Gasteiger partial charge on any atom is -0.497 e. The fourth-order valence-electron chi connectivity index (χ4n) is 2.30. The minimum atomic E-state index is -0.472. The normalized spacial score (nSPS) is 12.0. The van der Waals surface area contributed by atoms with Gasteiger partial charge in [0.05, 0.1) is 20.3 Å². The second-order valence-electron chi connectivity index (χ2n) is 4.87. The lowest BCUT2D eigenvalue weighted by atomic mass is 10.0. The van der Waals surface area contributed by atoms with Gasteiger partial charge in [0.2, 0.25) is 0 Å². The Morgan fingerprint density at radius 2 is 1.86 bits per heavy atom. The van der Waals surface area contributed by atoms with Crippen LogP contribution in [0.5, 0.6) is 11.5 Å². The standard InChI is InChI=1S/C17H19BrO3/c1-20-16-5-3-4-12(9-16)8-15(19)11-13-10-14(18)6-7-17(13)21-2/h3-7,9-10,15,19H,8,11H2,1-2H3. The molecule has 1 unspecified atom stereocenters. The van der Waals surface area contributed by atoms with Gasteiger partial charge >= 0.3 is 0 Å². The molecule has 0 aromatic heterocycles. The van der Waals surface area contributed by atoms with E-state index in [0.717, 1.165) is 27.1 Å². The highest BCUT2D eigenvalue weighted by Gasteiger charge is 2.12. The van der Waals surface area contributed by atoms with Gasteiger partial charge in [-0.2, -0.15) is 0 Å². The molecular formula is C17H19BrO3. The lowest BCUT2D eigenvalue weighted by molar-refractivity contribution is 0.174. The summed E-state index contributed by atoms with van der Waals surface area (Å²) in [6.07, 6.45) is 0.646. The predicted molar refractivity (Wildman–Crippen MR) is 87.1 cm³/mol. The van der Waals surface area contributed by atoms with E-state index in [0.29, 0.717) is 12.8 Å². The zero-order chi connectivity index (χ0) is 15.2. The van der Waals surface area contributed by atoms with Crippen molar-refractivity contribution in [2.24, 2.45) is 0 Å². The van der Waals surface area contributed by atoms with Crippen LogP contribution in [0.1, 0.15) is 11.1 Å². The quantitative estimate of drug-likeness (QED) is 0.864. The molecule has 21 heavy (non-hydrogen) atoms. The van der Waals surface area contributed by atoms with Crippen molar-refractivity contribution in [3.63, 3.8) is 0 Å². The smallest absolute Gasteiger partial charge is 0.122 e. The Bertz CT molecular complexity index is 598. The van der Waals surface area contributed by atoms with Gasteiger partial charge in [-0.3, -0.25) is 0 Å². The number of aliphatic hydroxyl groups excluding tert-OH is 1. The molecule has 3 nitrogen and oxygen atoms in total. The molecule has 0 aliphatic rings. The monoisotopic (exact) mass is 350 g/mol. The minimum absolute atomic E-state index is 0.472. The highest BCUT2D eigenvalue weighted by Crippen LogP contribution is 2.25. The van der Waals surface area contributed by atoms with Gasteiger partial charge in [-0.1, -0.05) is 28.1 Å². The summed E-state index contributed by atoms with van der Waals surface area (Å²) in [5.41, 5.74) is 2.04. The molecular weight excluding hydrogens is 332 g/mol.